The van der Waals surface area contributed by atoms with E-state index in [1.807, 2.05) is 163 Å². The lowest BCUT2D eigenvalue weighted by molar-refractivity contribution is -0.671. The summed E-state index contributed by atoms with van der Waals surface area (Å²) in [5.74, 6) is 16.5. The van der Waals surface area contributed by atoms with E-state index in [0.29, 0.717) is 255 Å². The summed E-state index contributed by atoms with van der Waals surface area (Å²) in [6.45, 7) is 10.1. The number of hydrogen-bond acceptors (Lipinski definition) is 22. The maximum atomic E-state index is 6.43. The number of ether oxygens (including phenoxy) is 16. The van der Waals surface area contributed by atoms with Gasteiger partial charge < -0.3 is 95.6 Å². The van der Waals surface area contributed by atoms with E-state index in [0.717, 1.165) is 94.6 Å². The van der Waals surface area contributed by atoms with Crippen molar-refractivity contribution in [2.45, 2.75) is 0 Å². The van der Waals surface area contributed by atoms with Gasteiger partial charge in [0.1, 0.15) is 56.5 Å². The van der Waals surface area contributed by atoms with Crippen molar-refractivity contribution < 1.29 is 80.4 Å². The van der Waals surface area contributed by atoms with Crippen LogP contribution in [0.3, 0.4) is 0 Å². The summed E-state index contributed by atoms with van der Waals surface area (Å²) in [7, 11) is 10.6. The number of aliphatic imine (C=N–C) groups is 3. The minimum absolute atomic E-state index is 0.301. The average molecular weight is 1800 g/mol. The highest BCUT2D eigenvalue weighted by molar-refractivity contribution is 6.36. The summed E-state index contributed by atoms with van der Waals surface area (Å²) in [5.41, 5.74) is 22.4. The fraction of sp³-hybridized carbons (Fsp3) is 0.278. The van der Waals surface area contributed by atoms with Crippen LogP contribution in [0.15, 0.2) is 262 Å². The van der Waals surface area contributed by atoms with Crippen LogP contribution in [0.25, 0.3) is 96.5 Å². The van der Waals surface area contributed by atoms with Crippen molar-refractivity contribution >= 4 is 80.2 Å². The lowest BCUT2D eigenvalue weighted by atomic mass is 9.97. The smallest absolute Gasteiger partial charge is 0.169 e. The number of aromatic amines is 3. The predicted molar refractivity (Wildman–Crippen MR) is 523 cm³/mol. The van der Waals surface area contributed by atoms with Crippen molar-refractivity contribution in [3.63, 3.8) is 0 Å². The summed E-state index contributed by atoms with van der Waals surface area (Å²) in [5, 5.41) is 0. The fourth-order valence-electron chi connectivity index (χ4n) is 15.6. The molecular formula is C108H109N10O16+. The number of methoxy groups -OCH3 is 4. The molecule has 16 rings (SSSR count). The number of aromatic nitrogens is 6. The number of fused-ring (bicyclic) bond motifs is 13. The molecule has 12 heterocycles. The SMILES string of the molecule is COCCOCCOCCOc1cccc(C2=C3C=CC(=N3)C(=C3C=CN(C)C=C3)C3=NC(=C(c4cccc(OCCOCCOCCOC)c4)c4ccc([nH]4)C(C#CC#Cc4c5nc(c(-c6cccc(OCCOCCOCCOC)c6)c6ccc([nH]6)c(-c6cc[n+](C)cc6)c6ccc([nH]6)c(-c6cccc(OCCOCCOCCOC)c6)c6nc4C=C6)C=C5)=C4C=CC2=N4)C=C3)c1. The van der Waals surface area contributed by atoms with E-state index in [2.05, 4.69) is 142 Å². The van der Waals surface area contributed by atoms with Crippen molar-refractivity contribution in [3.05, 3.63) is 298 Å². The van der Waals surface area contributed by atoms with E-state index in [1.165, 1.54) is 0 Å². The number of aryl methyl sites for hydroxylation is 1. The van der Waals surface area contributed by atoms with Crippen molar-refractivity contribution in [2.75, 3.05) is 194 Å². The third-order valence-electron chi connectivity index (χ3n) is 22.1. The number of nitrogens with zero attached hydrogens (tertiary/aromatic N) is 7. The highest BCUT2D eigenvalue weighted by Crippen LogP contribution is 2.42. The Kier molecular flexibility index (Phi) is 33.5. The first kappa shape index (κ1) is 93.5. The van der Waals surface area contributed by atoms with E-state index in [1.54, 1.807) is 28.4 Å². The molecule has 26 nitrogen and oxygen atoms in total. The Morgan fingerprint density at radius 1 is 0.313 bits per heavy atom. The van der Waals surface area contributed by atoms with Crippen LogP contribution >= 0.6 is 0 Å². The van der Waals surface area contributed by atoms with Gasteiger partial charge >= 0.3 is 0 Å². The fourth-order valence-corrected chi connectivity index (χ4v) is 15.6. The van der Waals surface area contributed by atoms with Gasteiger partial charge in [-0.05, 0) is 215 Å². The van der Waals surface area contributed by atoms with Crippen molar-refractivity contribution in [2.24, 2.45) is 22.0 Å². The first-order valence-corrected chi connectivity index (χ1v) is 44.8. The van der Waals surface area contributed by atoms with E-state index in [9.17, 15) is 0 Å². The van der Waals surface area contributed by atoms with E-state index >= 15 is 0 Å². The second kappa shape index (κ2) is 48.0. The summed E-state index contributed by atoms with van der Waals surface area (Å²) in [6.07, 6.45) is 32.6. The number of hydrogen-bond donors (Lipinski definition) is 3. The van der Waals surface area contributed by atoms with Gasteiger partial charge in [-0.15, -0.1) is 0 Å². The predicted octanol–water partition coefficient (Wildman–Crippen LogP) is 16.3. The van der Waals surface area contributed by atoms with Crippen LogP contribution in [-0.2, 0) is 63.9 Å². The van der Waals surface area contributed by atoms with Gasteiger partial charge in [-0.1, -0.05) is 48.5 Å². The third-order valence-corrected chi connectivity index (χ3v) is 22.1. The van der Waals surface area contributed by atoms with Gasteiger partial charge in [0.25, 0.3) is 0 Å². The molecule has 7 aliphatic rings. The van der Waals surface area contributed by atoms with Gasteiger partial charge in [0, 0.05) is 121 Å². The van der Waals surface area contributed by atoms with Crippen LogP contribution in [0.5, 0.6) is 23.0 Å². The van der Waals surface area contributed by atoms with Crippen molar-refractivity contribution in [1.29, 1.82) is 0 Å². The molecule has 0 unspecified atom stereocenters. The number of allylic oxidation sites excluding steroid dienone is 12. The van der Waals surface area contributed by atoms with Crippen molar-refractivity contribution in [3.8, 4) is 80.1 Å². The molecule has 0 fully saturated rings. The molecule has 0 saturated heterocycles. The monoisotopic (exact) mass is 1800 g/mol. The van der Waals surface area contributed by atoms with Gasteiger partial charge in [-0.3, -0.25) is 0 Å². The minimum Gasteiger partial charge on any atom is -0.491 e. The van der Waals surface area contributed by atoms with Crippen LogP contribution in [0, 0.1) is 23.7 Å². The van der Waals surface area contributed by atoms with E-state index < -0.39 is 0 Å². The highest BCUT2D eigenvalue weighted by Gasteiger charge is 2.29. The maximum Gasteiger partial charge on any atom is 0.169 e. The van der Waals surface area contributed by atoms with Crippen LogP contribution in [0.2, 0.25) is 0 Å². The second-order valence-electron chi connectivity index (χ2n) is 31.3. The summed E-state index contributed by atoms with van der Waals surface area (Å²) >= 11 is 0. The van der Waals surface area contributed by atoms with Crippen LogP contribution in [0.1, 0.15) is 50.9 Å². The molecule has 16 bridgehead atoms. The van der Waals surface area contributed by atoms with Crippen LogP contribution in [0.4, 0.5) is 0 Å². The maximum absolute atomic E-state index is 6.43. The van der Waals surface area contributed by atoms with Gasteiger partial charge in [0.05, 0.1) is 206 Å². The second-order valence-corrected chi connectivity index (χ2v) is 31.3. The summed E-state index contributed by atoms with van der Waals surface area (Å²) in [4.78, 5) is 41.6. The van der Waals surface area contributed by atoms with Crippen LogP contribution < -0.4 is 23.5 Å². The number of rotatable bonds is 45. The zero-order valence-corrected chi connectivity index (χ0v) is 76.2. The lowest BCUT2D eigenvalue weighted by Crippen LogP contribution is -2.25. The van der Waals surface area contributed by atoms with Gasteiger partial charge in [0.2, 0.25) is 0 Å². The number of H-pyrrole nitrogens is 3. The third kappa shape index (κ3) is 24.6. The Bertz CT molecular complexity index is 6300. The molecular weight excluding hydrogens is 1690 g/mol. The molecule has 0 aliphatic carbocycles. The minimum atomic E-state index is 0.301. The Hall–Kier alpha value is -13.8. The van der Waals surface area contributed by atoms with Crippen LogP contribution in [-0.4, -0.2) is 241 Å². The number of nitrogens with one attached hydrogen (secondary N) is 3. The van der Waals surface area contributed by atoms with E-state index in [4.69, 9.17) is 101 Å². The highest BCUT2D eigenvalue weighted by atomic mass is 16.6. The molecule has 0 amide bonds. The topological polar surface area (TPSA) is 265 Å². The molecule has 3 N–H and O–H groups in total. The Morgan fingerprint density at radius 3 is 1.12 bits per heavy atom. The number of pyridine rings is 1. The van der Waals surface area contributed by atoms with Gasteiger partial charge in [-0.2, -0.15) is 0 Å². The molecule has 0 atom stereocenters. The van der Waals surface area contributed by atoms with Gasteiger partial charge in [0.15, 0.2) is 12.4 Å². The lowest BCUT2D eigenvalue weighted by Gasteiger charge is -2.16. The molecule has 0 saturated carbocycles. The van der Waals surface area contributed by atoms with E-state index in [-0.39, 0.29) is 0 Å². The Balaban J connectivity index is 0.850. The molecule has 4 aromatic carbocycles. The standard InChI is InChI=1S/C108H108N10O16/c1-117-43-39-75(40-44-117)103-91-31-35-99(113-91)105(77-13-9-17-81(71-77)131-67-63-127-59-55-123-51-47-119-3)95-27-23-87(109-95)85(88-24-28-96(110-88)106(100-36-32-92(103)114-100)78-14-10-18-82(72-78)132-68-64-128-60-56-124-52-48-120-4)21-7-8-22-86-89-25-29-97(111-89)107(79-15-11-19-83(73-79)133-69-65-129-61-57-125-53-49-121-5)101-37-33-93(115-101)104(76-41-45-118(2)46-42-76)94-34-38-102(116-94)108(98-30-26-90(86)112-98)80-16-12-20-84(74-80)134-70-66-130-62-58-126-54-50-122-6/h9-20,23-46,71-74H,47-70H2,1-6H3,(H2,109,110,111,112,113,114,115,116)/p+1. The molecule has 5 aromatic heterocycles. The first-order chi connectivity index (χ1) is 66.1. The molecule has 0 radical (unpaired) electrons. The summed E-state index contributed by atoms with van der Waals surface area (Å²) < 4.78 is 94.5. The van der Waals surface area contributed by atoms with Gasteiger partial charge in [-0.25, -0.2) is 29.5 Å². The molecule has 9 aromatic rings. The summed E-state index contributed by atoms with van der Waals surface area (Å²) in [6, 6.07) is 48.9. The molecule has 7 aliphatic heterocycles. The molecule has 0 spiro atoms. The number of benzene rings is 4. The largest absolute Gasteiger partial charge is 0.491 e. The Morgan fingerprint density at radius 2 is 0.672 bits per heavy atom. The zero-order valence-electron chi connectivity index (χ0n) is 76.2. The first-order valence-electron chi connectivity index (χ1n) is 44.8. The molecule has 26 heteroatoms. The average Bonchev–Trinajstić information content (AvgIpc) is 1.62. The molecule has 134 heavy (non-hydrogen) atoms. The molecule has 686 valence electrons. The normalized spacial score (nSPS) is 14.0. The quantitative estimate of drug-likeness (QED) is 0.0182. The zero-order chi connectivity index (χ0) is 91.8. The van der Waals surface area contributed by atoms with Crippen molar-refractivity contribution in [1.82, 2.24) is 29.8 Å². The Labute approximate surface area is 780 Å².